The van der Waals surface area contributed by atoms with Crippen molar-refractivity contribution in [2.45, 2.75) is 52.2 Å². The zero-order valence-corrected chi connectivity index (χ0v) is 14.3. The van der Waals surface area contributed by atoms with Crippen LogP contribution in [0.2, 0.25) is 0 Å². The Morgan fingerprint density at radius 1 is 1.52 bits per heavy atom. The van der Waals surface area contributed by atoms with Crippen LogP contribution >= 0.6 is 11.3 Å². The maximum atomic E-state index is 4.75. The molecular formula is C16H26N4S. The third-order valence-electron chi connectivity index (χ3n) is 4.82. The molecule has 21 heavy (non-hydrogen) atoms. The van der Waals surface area contributed by atoms with Crippen LogP contribution in [0.25, 0.3) is 4.96 Å². The first-order valence-electron chi connectivity index (χ1n) is 7.91. The normalized spacial score (nSPS) is 27.8. The van der Waals surface area contributed by atoms with Crippen molar-refractivity contribution in [2.75, 3.05) is 13.1 Å². The number of nitrogens with zero attached hydrogens (tertiary/aromatic N) is 3. The molecule has 0 spiro atoms. The molecule has 116 valence electrons. The molecular weight excluding hydrogens is 280 g/mol. The summed E-state index contributed by atoms with van der Waals surface area (Å²) in [5, 5.41) is 5.83. The molecule has 0 aliphatic carbocycles. The predicted molar refractivity (Wildman–Crippen MR) is 88.8 cm³/mol. The van der Waals surface area contributed by atoms with Crippen molar-refractivity contribution in [2.24, 2.45) is 5.92 Å². The Labute approximate surface area is 131 Å². The van der Waals surface area contributed by atoms with Crippen LogP contribution in [0.15, 0.2) is 17.8 Å². The summed E-state index contributed by atoms with van der Waals surface area (Å²) in [4.78, 5) is 8.47. The number of piperazine rings is 1. The fourth-order valence-corrected chi connectivity index (χ4v) is 3.95. The van der Waals surface area contributed by atoms with Gasteiger partial charge in [-0.3, -0.25) is 9.30 Å². The fourth-order valence-electron chi connectivity index (χ4n) is 3.23. The monoisotopic (exact) mass is 306 g/mol. The number of hydrogen-bond donors (Lipinski definition) is 1. The van der Waals surface area contributed by atoms with E-state index in [0.717, 1.165) is 31.0 Å². The van der Waals surface area contributed by atoms with Crippen molar-refractivity contribution in [3.05, 3.63) is 23.5 Å². The highest BCUT2D eigenvalue weighted by Gasteiger charge is 2.35. The van der Waals surface area contributed by atoms with Crippen LogP contribution in [0.4, 0.5) is 0 Å². The lowest BCUT2D eigenvalue weighted by molar-refractivity contribution is 0.0530. The van der Waals surface area contributed by atoms with Gasteiger partial charge in [0.1, 0.15) is 0 Å². The van der Waals surface area contributed by atoms with Gasteiger partial charge in [-0.15, -0.1) is 11.3 Å². The number of nitrogens with one attached hydrogen (secondary N) is 1. The van der Waals surface area contributed by atoms with Gasteiger partial charge in [0.2, 0.25) is 0 Å². The molecule has 4 nitrogen and oxygen atoms in total. The lowest BCUT2D eigenvalue weighted by Crippen LogP contribution is -2.63. The molecule has 0 amide bonds. The Morgan fingerprint density at radius 2 is 2.33 bits per heavy atom. The maximum Gasteiger partial charge on any atom is 0.193 e. The largest absolute Gasteiger partial charge is 0.309 e. The summed E-state index contributed by atoms with van der Waals surface area (Å²) < 4.78 is 2.13. The maximum absolute atomic E-state index is 4.75. The van der Waals surface area contributed by atoms with Gasteiger partial charge >= 0.3 is 0 Å². The van der Waals surface area contributed by atoms with E-state index in [4.69, 9.17) is 4.98 Å². The first-order chi connectivity index (χ1) is 10.0. The van der Waals surface area contributed by atoms with E-state index in [1.807, 2.05) is 0 Å². The minimum atomic E-state index is 0.225. The molecule has 3 heterocycles. The first-order valence-corrected chi connectivity index (χ1v) is 8.79. The summed E-state index contributed by atoms with van der Waals surface area (Å²) in [6.45, 7) is 12.4. The van der Waals surface area contributed by atoms with Crippen molar-refractivity contribution < 1.29 is 0 Å². The lowest BCUT2D eigenvalue weighted by Gasteiger charge is -2.47. The molecule has 1 N–H and O–H groups in total. The van der Waals surface area contributed by atoms with Gasteiger partial charge in [0, 0.05) is 49.0 Å². The van der Waals surface area contributed by atoms with Gasteiger partial charge in [0.25, 0.3) is 0 Å². The Balaban J connectivity index is 1.79. The number of imidazole rings is 1. The molecule has 2 atom stereocenters. The lowest BCUT2D eigenvalue weighted by atomic mass is 9.90. The average molecular weight is 306 g/mol. The minimum Gasteiger partial charge on any atom is -0.309 e. The van der Waals surface area contributed by atoms with Crippen LogP contribution in [0.5, 0.6) is 0 Å². The zero-order chi connectivity index (χ0) is 15.0. The van der Waals surface area contributed by atoms with Gasteiger partial charge in [-0.2, -0.15) is 0 Å². The summed E-state index contributed by atoms with van der Waals surface area (Å²) in [7, 11) is 0. The molecule has 0 bridgehead atoms. The molecule has 2 aromatic heterocycles. The standard InChI is InChI=1S/C16H26N4S/c1-5-16(4)11-20(14(8-17-16)12(2)3)10-13-9-19-6-7-21-15(19)18-13/h6-7,9,12,14,17H,5,8,10-11H2,1-4H3. The third-order valence-corrected chi connectivity index (χ3v) is 5.59. The second-order valence-electron chi connectivity index (χ2n) is 6.84. The van der Waals surface area contributed by atoms with E-state index in [-0.39, 0.29) is 5.54 Å². The Hall–Kier alpha value is -0.910. The van der Waals surface area contributed by atoms with Crippen LogP contribution in [0.1, 0.15) is 39.8 Å². The second kappa shape index (κ2) is 5.71. The van der Waals surface area contributed by atoms with E-state index in [2.05, 4.69) is 60.1 Å². The number of fused-ring (bicyclic) bond motifs is 1. The molecule has 0 saturated carbocycles. The van der Waals surface area contributed by atoms with Gasteiger partial charge in [-0.25, -0.2) is 4.98 Å². The fraction of sp³-hybridized carbons (Fsp3) is 0.688. The van der Waals surface area contributed by atoms with Gasteiger partial charge in [0.15, 0.2) is 4.96 Å². The summed E-state index contributed by atoms with van der Waals surface area (Å²) in [6.07, 6.45) is 5.42. The Kier molecular flexibility index (Phi) is 4.08. The number of thiazole rings is 1. The van der Waals surface area contributed by atoms with E-state index in [0.29, 0.717) is 12.0 Å². The average Bonchev–Trinajstić information content (AvgIpc) is 2.99. The molecule has 1 aliphatic rings. The molecule has 2 aromatic rings. The number of rotatable bonds is 4. The highest BCUT2D eigenvalue weighted by molar-refractivity contribution is 7.15. The Morgan fingerprint density at radius 3 is 3.00 bits per heavy atom. The molecule has 2 unspecified atom stereocenters. The van der Waals surface area contributed by atoms with Crippen molar-refractivity contribution in [3.8, 4) is 0 Å². The smallest absolute Gasteiger partial charge is 0.193 e. The van der Waals surface area contributed by atoms with Crippen LogP contribution in [-0.4, -0.2) is 39.0 Å². The van der Waals surface area contributed by atoms with Gasteiger partial charge < -0.3 is 5.32 Å². The SMILES string of the molecule is CCC1(C)CN(Cc2cn3ccsc3n2)C(C(C)C)CN1. The van der Waals surface area contributed by atoms with E-state index < -0.39 is 0 Å². The predicted octanol–water partition coefficient (Wildman–Crippen LogP) is 2.99. The molecule has 0 aromatic carbocycles. The molecule has 0 radical (unpaired) electrons. The van der Waals surface area contributed by atoms with Gasteiger partial charge in [-0.1, -0.05) is 20.8 Å². The molecule has 1 aliphatic heterocycles. The van der Waals surface area contributed by atoms with E-state index in [9.17, 15) is 0 Å². The van der Waals surface area contributed by atoms with Crippen LogP contribution < -0.4 is 5.32 Å². The third kappa shape index (κ3) is 3.00. The van der Waals surface area contributed by atoms with Gasteiger partial charge in [-0.05, 0) is 19.3 Å². The summed E-state index contributed by atoms with van der Waals surface area (Å²) in [5.41, 5.74) is 1.41. The van der Waals surface area contributed by atoms with Gasteiger partial charge in [0.05, 0.1) is 5.69 Å². The van der Waals surface area contributed by atoms with Crippen molar-refractivity contribution in [1.29, 1.82) is 0 Å². The topological polar surface area (TPSA) is 32.6 Å². The van der Waals surface area contributed by atoms with Crippen molar-refractivity contribution >= 4 is 16.3 Å². The van der Waals surface area contributed by atoms with Crippen molar-refractivity contribution in [3.63, 3.8) is 0 Å². The Bertz CT molecular complexity index is 574. The summed E-state index contributed by atoms with van der Waals surface area (Å²) in [5.74, 6) is 0.655. The molecule has 1 fully saturated rings. The number of aromatic nitrogens is 2. The van der Waals surface area contributed by atoms with Crippen LogP contribution in [0, 0.1) is 5.92 Å². The van der Waals surface area contributed by atoms with Crippen molar-refractivity contribution in [1.82, 2.24) is 19.6 Å². The molecule has 5 heteroatoms. The molecule has 3 rings (SSSR count). The first kappa shape index (κ1) is 15.0. The van der Waals surface area contributed by atoms with Crippen LogP contribution in [-0.2, 0) is 6.54 Å². The second-order valence-corrected chi connectivity index (χ2v) is 7.71. The highest BCUT2D eigenvalue weighted by atomic mass is 32.1. The van der Waals surface area contributed by atoms with E-state index in [1.165, 1.54) is 5.69 Å². The highest BCUT2D eigenvalue weighted by Crippen LogP contribution is 2.24. The zero-order valence-electron chi connectivity index (χ0n) is 13.5. The van der Waals surface area contributed by atoms with E-state index >= 15 is 0 Å². The van der Waals surface area contributed by atoms with Crippen LogP contribution in [0.3, 0.4) is 0 Å². The molecule has 1 saturated heterocycles. The van der Waals surface area contributed by atoms with E-state index in [1.54, 1.807) is 11.3 Å². The number of hydrogen-bond acceptors (Lipinski definition) is 4. The quantitative estimate of drug-likeness (QED) is 0.942. The summed E-state index contributed by atoms with van der Waals surface area (Å²) in [6, 6.07) is 0.587. The summed E-state index contributed by atoms with van der Waals surface area (Å²) >= 11 is 1.70. The minimum absolute atomic E-state index is 0.225.